The van der Waals surface area contributed by atoms with Crippen LogP contribution in [0.15, 0.2) is 4.79 Å². The highest BCUT2D eigenvalue weighted by molar-refractivity contribution is 5.67. The molecule has 0 radical (unpaired) electrons. The summed E-state index contributed by atoms with van der Waals surface area (Å²) in [5.41, 5.74) is 5.71. The first-order valence-electron chi connectivity index (χ1n) is 4.03. The number of hydrogen-bond acceptors (Lipinski definition) is 5. The zero-order valence-electron chi connectivity index (χ0n) is 7.29. The van der Waals surface area contributed by atoms with Crippen molar-refractivity contribution in [2.24, 2.45) is 0 Å². The molecule has 6 nitrogen and oxygen atoms in total. The zero-order valence-corrected chi connectivity index (χ0v) is 7.29. The first-order valence-corrected chi connectivity index (χ1v) is 4.03. The lowest BCUT2D eigenvalue weighted by molar-refractivity contribution is 0.853. The molecule has 0 aromatic carbocycles. The molecule has 70 valence electrons. The van der Waals surface area contributed by atoms with Gasteiger partial charge in [0.15, 0.2) is 5.82 Å². The van der Waals surface area contributed by atoms with Gasteiger partial charge in [0, 0.05) is 20.1 Å². The maximum Gasteiger partial charge on any atom is 0.277 e. The number of rotatable bonds is 0. The molecule has 4 N–H and O–H groups in total. The summed E-state index contributed by atoms with van der Waals surface area (Å²) < 4.78 is 0. The molecule has 0 bridgehead atoms. The smallest absolute Gasteiger partial charge is 0.277 e. The van der Waals surface area contributed by atoms with Crippen LogP contribution in [0, 0.1) is 0 Å². The molecule has 2 rings (SSSR count). The molecule has 1 aromatic rings. The summed E-state index contributed by atoms with van der Waals surface area (Å²) in [7, 11) is 1.88. The summed E-state index contributed by atoms with van der Waals surface area (Å²) in [4.78, 5) is 19.7. The van der Waals surface area contributed by atoms with Gasteiger partial charge >= 0.3 is 0 Å². The lowest BCUT2D eigenvalue weighted by Gasteiger charge is -2.26. The summed E-state index contributed by atoms with van der Waals surface area (Å²) in [5.74, 6) is 0.770. The predicted molar refractivity (Wildman–Crippen MR) is 51.0 cm³/mol. The van der Waals surface area contributed by atoms with Crippen molar-refractivity contribution in [3.8, 4) is 0 Å². The van der Waals surface area contributed by atoms with Gasteiger partial charge in [0.25, 0.3) is 5.56 Å². The first-order chi connectivity index (χ1) is 6.18. The topological polar surface area (TPSA) is 87.0 Å². The normalized spacial score (nSPS) is 15.0. The molecular formula is C7H11N5O. The number of anilines is 3. The number of aromatic amines is 1. The Morgan fingerprint density at radius 1 is 1.62 bits per heavy atom. The molecule has 13 heavy (non-hydrogen) atoms. The molecule has 0 atom stereocenters. The van der Waals surface area contributed by atoms with E-state index in [1.54, 1.807) is 0 Å². The molecule has 0 spiro atoms. The Bertz CT molecular complexity index is 385. The van der Waals surface area contributed by atoms with E-state index in [1.807, 2.05) is 11.9 Å². The molecule has 0 fully saturated rings. The van der Waals surface area contributed by atoms with E-state index >= 15 is 0 Å². The van der Waals surface area contributed by atoms with Gasteiger partial charge in [0.1, 0.15) is 5.69 Å². The number of aromatic nitrogens is 2. The highest BCUT2D eigenvalue weighted by Crippen LogP contribution is 2.20. The fourth-order valence-electron chi connectivity index (χ4n) is 1.37. The van der Waals surface area contributed by atoms with E-state index in [0.717, 1.165) is 13.1 Å². The van der Waals surface area contributed by atoms with E-state index in [4.69, 9.17) is 5.73 Å². The molecule has 1 aliphatic rings. The second-order valence-electron chi connectivity index (χ2n) is 3.00. The number of nitrogens with two attached hydrogens (primary N) is 1. The molecule has 2 heterocycles. The second kappa shape index (κ2) is 2.65. The maximum absolute atomic E-state index is 11.4. The van der Waals surface area contributed by atoms with E-state index < -0.39 is 0 Å². The van der Waals surface area contributed by atoms with Gasteiger partial charge in [-0.3, -0.25) is 9.78 Å². The highest BCUT2D eigenvalue weighted by Gasteiger charge is 2.17. The average Bonchev–Trinajstić information content (AvgIpc) is 2.07. The number of nitrogen functional groups attached to an aromatic ring is 1. The highest BCUT2D eigenvalue weighted by atomic mass is 16.1. The van der Waals surface area contributed by atoms with Gasteiger partial charge in [-0.15, -0.1) is 0 Å². The Kier molecular flexibility index (Phi) is 1.61. The largest absolute Gasteiger partial charge is 0.376 e. The summed E-state index contributed by atoms with van der Waals surface area (Å²) in [6, 6.07) is 0. The third-order valence-corrected chi connectivity index (χ3v) is 2.03. The number of nitrogens with one attached hydrogen (secondary N) is 2. The third-order valence-electron chi connectivity index (χ3n) is 2.03. The second-order valence-corrected chi connectivity index (χ2v) is 3.00. The van der Waals surface area contributed by atoms with Crippen LogP contribution in [-0.4, -0.2) is 30.1 Å². The van der Waals surface area contributed by atoms with Crippen LogP contribution in [0.2, 0.25) is 0 Å². The lowest BCUT2D eigenvalue weighted by Crippen LogP contribution is -2.35. The number of H-pyrrole nitrogens is 1. The van der Waals surface area contributed by atoms with Gasteiger partial charge in [-0.1, -0.05) is 0 Å². The lowest BCUT2D eigenvalue weighted by atomic mass is 10.3. The van der Waals surface area contributed by atoms with Crippen LogP contribution in [0.1, 0.15) is 0 Å². The quantitative estimate of drug-likeness (QED) is 0.488. The van der Waals surface area contributed by atoms with Crippen LogP contribution in [0.5, 0.6) is 0 Å². The minimum Gasteiger partial charge on any atom is -0.376 e. The molecular weight excluding hydrogens is 170 g/mol. The van der Waals surface area contributed by atoms with Crippen LogP contribution in [-0.2, 0) is 0 Å². The Hall–Kier alpha value is -1.72. The van der Waals surface area contributed by atoms with E-state index in [2.05, 4.69) is 15.3 Å². The van der Waals surface area contributed by atoms with Crippen LogP contribution >= 0.6 is 0 Å². The number of likely N-dealkylation sites (N-methyl/N-ethyl adjacent to an activating group) is 1. The van der Waals surface area contributed by atoms with Crippen LogP contribution in [0.4, 0.5) is 17.5 Å². The van der Waals surface area contributed by atoms with Gasteiger partial charge in [0.05, 0.1) is 0 Å². The first kappa shape index (κ1) is 7.90. The summed E-state index contributed by atoms with van der Waals surface area (Å²) in [5, 5.41) is 2.99. The Labute approximate surface area is 74.8 Å². The molecule has 1 aliphatic heterocycles. The van der Waals surface area contributed by atoms with Crippen molar-refractivity contribution >= 4 is 17.5 Å². The molecule has 0 aliphatic carbocycles. The van der Waals surface area contributed by atoms with Crippen molar-refractivity contribution in [1.82, 2.24) is 9.97 Å². The van der Waals surface area contributed by atoms with Crippen molar-refractivity contribution in [3.05, 3.63) is 10.4 Å². The van der Waals surface area contributed by atoms with Crippen molar-refractivity contribution in [2.75, 3.05) is 36.1 Å². The summed E-state index contributed by atoms with van der Waals surface area (Å²) in [6.45, 7) is 1.57. The minimum atomic E-state index is -0.214. The van der Waals surface area contributed by atoms with E-state index in [0.29, 0.717) is 11.5 Å². The minimum absolute atomic E-state index is 0.152. The molecule has 0 saturated carbocycles. The molecule has 0 amide bonds. The van der Waals surface area contributed by atoms with Crippen LogP contribution in [0.25, 0.3) is 0 Å². The van der Waals surface area contributed by atoms with Crippen molar-refractivity contribution in [3.63, 3.8) is 0 Å². The van der Waals surface area contributed by atoms with Crippen molar-refractivity contribution < 1.29 is 0 Å². The SMILES string of the molecule is CN1CCNc2c1nc(N)[nH]c2=O. The fraction of sp³-hybridized carbons (Fsp3) is 0.429. The van der Waals surface area contributed by atoms with Gasteiger partial charge in [-0.05, 0) is 0 Å². The molecule has 0 unspecified atom stereocenters. The van der Waals surface area contributed by atoms with E-state index in [9.17, 15) is 4.79 Å². The predicted octanol–water partition coefficient (Wildman–Crippen LogP) is -0.786. The third kappa shape index (κ3) is 1.20. The monoisotopic (exact) mass is 181 g/mol. The Morgan fingerprint density at radius 3 is 3.15 bits per heavy atom. The average molecular weight is 181 g/mol. The Balaban J connectivity index is 2.63. The maximum atomic E-state index is 11.4. The number of fused-ring (bicyclic) bond motifs is 1. The molecule has 1 aromatic heterocycles. The number of hydrogen-bond donors (Lipinski definition) is 3. The molecule has 0 saturated heterocycles. The zero-order chi connectivity index (χ0) is 9.42. The summed E-state index contributed by atoms with van der Waals surface area (Å²) >= 11 is 0. The van der Waals surface area contributed by atoms with Gasteiger partial charge < -0.3 is 16.0 Å². The van der Waals surface area contributed by atoms with Gasteiger partial charge in [-0.2, -0.15) is 4.98 Å². The summed E-state index contributed by atoms with van der Waals surface area (Å²) in [6.07, 6.45) is 0. The number of nitrogens with zero attached hydrogens (tertiary/aromatic N) is 2. The molecule has 6 heteroatoms. The van der Waals surface area contributed by atoms with Crippen molar-refractivity contribution in [1.29, 1.82) is 0 Å². The fourth-order valence-corrected chi connectivity index (χ4v) is 1.37. The van der Waals surface area contributed by atoms with E-state index in [-0.39, 0.29) is 11.5 Å². The van der Waals surface area contributed by atoms with Gasteiger partial charge in [-0.25, -0.2) is 0 Å². The van der Waals surface area contributed by atoms with Crippen LogP contribution < -0.4 is 21.5 Å². The Morgan fingerprint density at radius 2 is 2.38 bits per heavy atom. The standard InChI is InChI=1S/C7H11N5O/c1-12-3-2-9-4-5(12)10-7(8)11-6(4)13/h9H,2-3H2,1H3,(H3,8,10,11,13). The van der Waals surface area contributed by atoms with Crippen LogP contribution in [0.3, 0.4) is 0 Å². The van der Waals surface area contributed by atoms with E-state index in [1.165, 1.54) is 0 Å². The van der Waals surface area contributed by atoms with Crippen molar-refractivity contribution in [2.45, 2.75) is 0 Å². The van der Waals surface area contributed by atoms with Gasteiger partial charge in [0.2, 0.25) is 5.95 Å².